The van der Waals surface area contributed by atoms with Crippen molar-refractivity contribution in [2.45, 2.75) is 39.2 Å². The van der Waals surface area contributed by atoms with Crippen LogP contribution in [0.3, 0.4) is 0 Å². The maximum atomic E-state index is 13.4. The van der Waals surface area contributed by atoms with Crippen LogP contribution in [0.25, 0.3) is 5.57 Å². The van der Waals surface area contributed by atoms with E-state index in [1.54, 1.807) is 14.0 Å². The number of piperidine rings is 1. The van der Waals surface area contributed by atoms with Crippen molar-refractivity contribution in [3.8, 4) is 0 Å². The molecular weight excluding hydrogens is 376 g/mol. The van der Waals surface area contributed by atoms with E-state index in [9.17, 15) is 9.59 Å². The average molecular weight is 404 g/mol. The van der Waals surface area contributed by atoms with Crippen LogP contribution < -0.4 is 0 Å². The molecule has 8 heteroatoms. The number of benzene rings is 1. The Balaban J connectivity index is 2.17. The molecule has 2 aliphatic rings. The van der Waals surface area contributed by atoms with Crippen LogP contribution >= 0.6 is 0 Å². The van der Waals surface area contributed by atoms with Crippen LogP contribution in [-0.4, -0.2) is 61.6 Å². The van der Waals surface area contributed by atoms with E-state index in [0.29, 0.717) is 31.5 Å². The standard InChI is InChI=1S/C21H28N2O6/c1-6-28-20(25)29-18-17(16-13-14(2)7-8-15(16)3)19(24)23(27-5)21(18)9-11-22(26-4)12-10-21/h7-8,13H,6,9-12H2,1-5H3. The molecule has 1 aromatic carbocycles. The second kappa shape index (κ2) is 8.52. The fourth-order valence-electron chi connectivity index (χ4n) is 4.06. The van der Waals surface area contributed by atoms with Gasteiger partial charge in [-0.05, 0) is 44.7 Å². The van der Waals surface area contributed by atoms with E-state index in [2.05, 4.69) is 0 Å². The third-order valence-electron chi connectivity index (χ3n) is 5.54. The Kier molecular flexibility index (Phi) is 6.26. The Morgan fingerprint density at radius 1 is 1.14 bits per heavy atom. The lowest BCUT2D eigenvalue weighted by molar-refractivity contribution is -0.221. The number of nitrogens with zero attached hydrogens (tertiary/aromatic N) is 2. The number of rotatable bonds is 5. The summed E-state index contributed by atoms with van der Waals surface area (Å²) in [7, 11) is 3.07. The van der Waals surface area contributed by atoms with Gasteiger partial charge in [-0.15, -0.1) is 0 Å². The molecule has 0 radical (unpaired) electrons. The third-order valence-corrected chi connectivity index (χ3v) is 5.54. The molecule has 8 nitrogen and oxygen atoms in total. The van der Waals surface area contributed by atoms with Gasteiger partial charge in [0.15, 0.2) is 5.76 Å². The first-order valence-electron chi connectivity index (χ1n) is 9.72. The molecule has 29 heavy (non-hydrogen) atoms. The lowest BCUT2D eigenvalue weighted by Gasteiger charge is -2.42. The monoisotopic (exact) mass is 404 g/mol. The van der Waals surface area contributed by atoms with Crippen molar-refractivity contribution in [3.63, 3.8) is 0 Å². The quantitative estimate of drug-likeness (QED) is 0.698. The number of hydrogen-bond acceptors (Lipinski definition) is 7. The predicted molar refractivity (Wildman–Crippen MR) is 105 cm³/mol. The number of carbonyl (C=O) groups excluding carboxylic acids is 2. The average Bonchev–Trinajstić information content (AvgIpc) is 2.91. The van der Waals surface area contributed by atoms with Crippen molar-refractivity contribution in [1.29, 1.82) is 0 Å². The second-order valence-corrected chi connectivity index (χ2v) is 7.23. The topological polar surface area (TPSA) is 77.5 Å². The number of aryl methyl sites for hydroxylation is 2. The highest BCUT2D eigenvalue weighted by Gasteiger charge is 2.56. The SMILES string of the molecule is CCOC(=O)OC1=C(c2cc(C)ccc2C)C(=O)N(OC)C12CCN(OC)CC2. The lowest BCUT2D eigenvalue weighted by Crippen LogP contribution is -2.55. The van der Waals surface area contributed by atoms with E-state index in [1.807, 2.05) is 37.1 Å². The van der Waals surface area contributed by atoms with E-state index in [0.717, 1.165) is 16.7 Å². The summed E-state index contributed by atoms with van der Waals surface area (Å²) in [6.07, 6.45) is 0.150. The molecule has 0 saturated carbocycles. The van der Waals surface area contributed by atoms with Crippen molar-refractivity contribution in [3.05, 3.63) is 40.6 Å². The van der Waals surface area contributed by atoms with E-state index in [1.165, 1.54) is 12.2 Å². The summed E-state index contributed by atoms with van der Waals surface area (Å²) in [5.41, 5.74) is 2.07. The number of carbonyl (C=O) groups is 2. The number of hydroxylamine groups is 4. The Morgan fingerprint density at radius 2 is 1.83 bits per heavy atom. The van der Waals surface area contributed by atoms with Crippen molar-refractivity contribution >= 4 is 17.6 Å². The van der Waals surface area contributed by atoms with Crippen LogP contribution in [0, 0.1) is 13.8 Å². The van der Waals surface area contributed by atoms with Crippen molar-refractivity contribution < 1.29 is 28.7 Å². The Hall–Kier alpha value is -2.42. The molecular formula is C21H28N2O6. The van der Waals surface area contributed by atoms with Crippen LogP contribution in [-0.2, 0) is 23.9 Å². The highest BCUT2D eigenvalue weighted by molar-refractivity contribution is 6.23. The van der Waals surface area contributed by atoms with Crippen LogP contribution in [0.2, 0.25) is 0 Å². The van der Waals surface area contributed by atoms with Gasteiger partial charge in [-0.3, -0.25) is 9.63 Å². The molecule has 158 valence electrons. The van der Waals surface area contributed by atoms with E-state index >= 15 is 0 Å². The van der Waals surface area contributed by atoms with E-state index in [-0.39, 0.29) is 18.3 Å². The summed E-state index contributed by atoms with van der Waals surface area (Å²) in [4.78, 5) is 36.6. The van der Waals surface area contributed by atoms with Gasteiger partial charge in [0.05, 0.1) is 26.4 Å². The van der Waals surface area contributed by atoms with Crippen molar-refractivity contribution in [2.24, 2.45) is 0 Å². The summed E-state index contributed by atoms with van der Waals surface area (Å²) in [5.74, 6) is -0.0429. The van der Waals surface area contributed by atoms with Gasteiger partial charge in [-0.25, -0.2) is 9.86 Å². The molecule has 0 aliphatic carbocycles. The second-order valence-electron chi connectivity index (χ2n) is 7.23. The highest BCUT2D eigenvalue weighted by atomic mass is 16.7. The fraction of sp³-hybridized carbons (Fsp3) is 0.524. The van der Waals surface area contributed by atoms with Crippen LogP contribution in [0.1, 0.15) is 36.5 Å². The van der Waals surface area contributed by atoms with Gasteiger partial charge in [0.25, 0.3) is 5.91 Å². The van der Waals surface area contributed by atoms with Gasteiger partial charge in [0.1, 0.15) is 5.54 Å². The smallest absolute Gasteiger partial charge is 0.434 e. The Labute approximate surface area is 170 Å². The molecule has 3 rings (SSSR count). The summed E-state index contributed by atoms with van der Waals surface area (Å²) in [5, 5.41) is 3.15. The van der Waals surface area contributed by atoms with Gasteiger partial charge in [0, 0.05) is 13.1 Å². The minimum atomic E-state index is -0.904. The molecule has 1 spiro atoms. The molecule has 2 aliphatic heterocycles. The van der Waals surface area contributed by atoms with Gasteiger partial charge in [-0.1, -0.05) is 23.8 Å². The lowest BCUT2D eigenvalue weighted by atomic mass is 9.85. The maximum absolute atomic E-state index is 13.4. The number of hydrogen-bond donors (Lipinski definition) is 0. The molecule has 0 aromatic heterocycles. The number of amides is 1. The molecule has 1 saturated heterocycles. The molecule has 0 N–H and O–H groups in total. The van der Waals surface area contributed by atoms with Gasteiger partial charge >= 0.3 is 6.16 Å². The largest absolute Gasteiger partial charge is 0.513 e. The van der Waals surface area contributed by atoms with Crippen LogP contribution in [0.4, 0.5) is 4.79 Å². The van der Waals surface area contributed by atoms with Crippen LogP contribution in [0.15, 0.2) is 24.0 Å². The van der Waals surface area contributed by atoms with Gasteiger partial charge < -0.3 is 14.3 Å². The molecule has 1 aromatic rings. The summed E-state index contributed by atoms with van der Waals surface area (Å²) < 4.78 is 10.7. The predicted octanol–water partition coefficient (Wildman–Crippen LogP) is 2.99. The molecule has 1 fully saturated rings. The minimum absolute atomic E-state index is 0.178. The number of ether oxygens (including phenoxy) is 2. The molecule has 2 heterocycles. The fourth-order valence-corrected chi connectivity index (χ4v) is 4.06. The maximum Gasteiger partial charge on any atom is 0.513 e. The van der Waals surface area contributed by atoms with E-state index in [4.69, 9.17) is 19.1 Å². The van der Waals surface area contributed by atoms with Crippen molar-refractivity contribution in [2.75, 3.05) is 33.9 Å². The molecule has 0 bridgehead atoms. The summed E-state index contributed by atoms with van der Waals surface area (Å²) >= 11 is 0. The highest BCUT2D eigenvalue weighted by Crippen LogP contribution is 2.47. The molecule has 1 amide bonds. The van der Waals surface area contributed by atoms with Crippen LogP contribution in [0.5, 0.6) is 0 Å². The minimum Gasteiger partial charge on any atom is -0.434 e. The molecule has 0 unspecified atom stereocenters. The van der Waals surface area contributed by atoms with Crippen molar-refractivity contribution in [1.82, 2.24) is 10.1 Å². The first-order chi connectivity index (χ1) is 13.9. The first-order valence-corrected chi connectivity index (χ1v) is 9.72. The zero-order chi connectivity index (χ0) is 21.2. The molecule has 0 atom stereocenters. The summed E-state index contributed by atoms with van der Waals surface area (Å²) in [6.45, 7) is 6.87. The normalized spacial score (nSPS) is 19.2. The Morgan fingerprint density at radius 3 is 2.41 bits per heavy atom. The van der Waals surface area contributed by atoms with Gasteiger partial charge in [0.2, 0.25) is 0 Å². The third kappa shape index (κ3) is 3.75. The first kappa shape index (κ1) is 21.3. The van der Waals surface area contributed by atoms with Gasteiger partial charge in [-0.2, -0.15) is 5.06 Å². The zero-order valence-electron chi connectivity index (χ0n) is 17.6. The summed E-state index contributed by atoms with van der Waals surface area (Å²) in [6, 6.07) is 5.85. The Bertz CT molecular complexity index is 826. The zero-order valence-corrected chi connectivity index (χ0v) is 17.6. The van der Waals surface area contributed by atoms with E-state index < -0.39 is 11.7 Å².